The maximum absolute atomic E-state index is 14.4. The molecule has 3 aliphatic heterocycles. The van der Waals surface area contributed by atoms with Crippen molar-refractivity contribution >= 4 is 5.97 Å². The van der Waals surface area contributed by atoms with E-state index in [1.807, 2.05) is 46.7 Å². The molecule has 2 unspecified atom stereocenters. The van der Waals surface area contributed by atoms with Crippen molar-refractivity contribution in [3.8, 4) is 0 Å². The third-order valence-corrected chi connectivity index (χ3v) is 12.8. The highest BCUT2D eigenvalue weighted by molar-refractivity contribution is 5.73. The van der Waals surface area contributed by atoms with E-state index in [1.165, 1.54) is 14.0 Å². The molecule has 0 saturated carbocycles. The summed E-state index contributed by atoms with van der Waals surface area (Å²) in [6, 6.07) is -0.874. The van der Waals surface area contributed by atoms with Crippen LogP contribution in [0.3, 0.4) is 0 Å². The summed E-state index contributed by atoms with van der Waals surface area (Å²) in [5.74, 6) is -2.67. The molecule has 0 amide bonds. The van der Waals surface area contributed by atoms with Crippen LogP contribution in [0.5, 0.6) is 0 Å². The Hall–Kier alpha value is -1.05. The Morgan fingerprint density at radius 2 is 1.69 bits per heavy atom. The molecule has 3 fully saturated rings. The predicted octanol–water partition coefficient (Wildman–Crippen LogP) is 1.54. The topological polar surface area (TPSA) is 201 Å². The van der Waals surface area contributed by atoms with Crippen molar-refractivity contribution in [2.24, 2.45) is 17.8 Å². The maximum atomic E-state index is 14.4. The quantitative estimate of drug-likeness (QED) is 0.140. The molecule has 324 valence electrons. The minimum atomic E-state index is -1.81. The van der Waals surface area contributed by atoms with E-state index in [1.54, 1.807) is 41.5 Å². The van der Waals surface area contributed by atoms with E-state index < -0.39 is 95.5 Å². The highest BCUT2D eigenvalue weighted by atomic mass is 16.7. The molecular formula is C40H77N3O12. The van der Waals surface area contributed by atoms with Crippen LogP contribution in [0.25, 0.3) is 0 Å². The molecule has 0 aliphatic carbocycles. The third-order valence-electron chi connectivity index (χ3n) is 12.8. The second-order valence-corrected chi connectivity index (χ2v) is 17.8. The molecule has 0 aromatic rings. The van der Waals surface area contributed by atoms with E-state index in [4.69, 9.17) is 28.4 Å². The number of likely N-dealkylation sites (N-methyl/N-ethyl adjacent to an activating group) is 2. The van der Waals surface area contributed by atoms with Gasteiger partial charge in [0, 0.05) is 38.1 Å². The minimum absolute atomic E-state index is 0.0904. The zero-order valence-corrected chi connectivity index (χ0v) is 36.1. The average molecular weight is 792 g/mol. The highest BCUT2D eigenvalue weighted by Crippen LogP contribution is 2.43. The molecule has 15 heteroatoms. The molecule has 0 spiro atoms. The van der Waals surface area contributed by atoms with Crippen LogP contribution in [0.4, 0.5) is 0 Å². The molecule has 0 bridgehead atoms. The number of esters is 1. The lowest BCUT2D eigenvalue weighted by Crippen LogP contribution is -2.70. The Labute approximate surface area is 330 Å². The molecule has 3 aliphatic rings. The number of carbonyl (C=O) groups excluding carboxylic acids is 1. The minimum Gasteiger partial charge on any atom is -0.457 e. The van der Waals surface area contributed by atoms with Crippen molar-refractivity contribution in [1.82, 2.24) is 15.5 Å². The third kappa shape index (κ3) is 10.8. The normalized spacial score (nSPS) is 45.8. The lowest BCUT2D eigenvalue weighted by Gasteiger charge is -2.53. The van der Waals surface area contributed by atoms with E-state index in [0.29, 0.717) is 19.5 Å². The van der Waals surface area contributed by atoms with Crippen molar-refractivity contribution in [2.75, 3.05) is 40.8 Å². The molecule has 15 nitrogen and oxygen atoms in total. The Bertz CT molecular complexity index is 1210. The molecule has 3 rings (SSSR count). The Balaban J connectivity index is 2.17. The van der Waals surface area contributed by atoms with Gasteiger partial charge >= 0.3 is 5.97 Å². The second-order valence-electron chi connectivity index (χ2n) is 17.8. The van der Waals surface area contributed by atoms with Crippen LogP contribution in [-0.4, -0.2) is 167 Å². The number of methoxy groups -OCH3 is 1. The van der Waals surface area contributed by atoms with Crippen LogP contribution in [0.2, 0.25) is 0 Å². The van der Waals surface area contributed by atoms with Gasteiger partial charge in [0.15, 0.2) is 12.6 Å². The van der Waals surface area contributed by atoms with Crippen LogP contribution in [0.15, 0.2) is 0 Å². The number of aliphatic hydroxyl groups is 5. The first-order chi connectivity index (χ1) is 25.4. The Morgan fingerprint density at radius 1 is 1.05 bits per heavy atom. The summed E-state index contributed by atoms with van der Waals surface area (Å²) in [4.78, 5) is 16.3. The van der Waals surface area contributed by atoms with Gasteiger partial charge in [0.25, 0.3) is 0 Å². The lowest BCUT2D eigenvalue weighted by molar-refractivity contribution is -0.336. The first-order valence-electron chi connectivity index (χ1n) is 20.4. The first-order valence-corrected chi connectivity index (χ1v) is 20.4. The van der Waals surface area contributed by atoms with Gasteiger partial charge in [-0.25, -0.2) is 0 Å². The van der Waals surface area contributed by atoms with Crippen LogP contribution in [0.1, 0.15) is 102 Å². The fourth-order valence-electron chi connectivity index (χ4n) is 9.07. The van der Waals surface area contributed by atoms with Crippen molar-refractivity contribution in [2.45, 2.75) is 192 Å². The SMILES string of the molecule is CCNC[C@]1(O)[C@H](C)O[C@@H](O[C@@H]2[C@H](C)[C@H](O[C@@H]3O[C@H](C)C[C@H](N(C)C)C3O)[C@@](C)(O)C[C@H](C)CN[C@H](C)C([C@](C)(O)[C@H](O)CC)OC(=O)[C@@H]2C)C[C@@]1(C)OC. The number of ether oxygens (including phenoxy) is 6. The van der Waals surface area contributed by atoms with Crippen molar-refractivity contribution < 1.29 is 58.7 Å². The van der Waals surface area contributed by atoms with Gasteiger partial charge in [-0.15, -0.1) is 0 Å². The number of hydrogen-bond acceptors (Lipinski definition) is 15. The maximum Gasteiger partial charge on any atom is 0.311 e. The van der Waals surface area contributed by atoms with Crippen molar-refractivity contribution in [1.29, 1.82) is 0 Å². The number of aliphatic hydroxyl groups excluding tert-OH is 2. The highest BCUT2D eigenvalue weighted by Gasteiger charge is 2.58. The fourth-order valence-corrected chi connectivity index (χ4v) is 9.07. The molecule has 7 N–H and O–H groups in total. The molecule has 0 aromatic carbocycles. The summed E-state index contributed by atoms with van der Waals surface area (Å²) in [6.07, 6.45) is -7.49. The molecule has 3 heterocycles. The van der Waals surface area contributed by atoms with Gasteiger partial charge in [0.1, 0.15) is 29.0 Å². The molecule has 0 radical (unpaired) electrons. The Morgan fingerprint density at radius 3 is 2.25 bits per heavy atom. The molecule has 18 atom stereocenters. The predicted molar refractivity (Wildman–Crippen MR) is 207 cm³/mol. The summed E-state index contributed by atoms with van der Waals surface area (Å²) < 4.78 is 38.3. The number of nitrogens with one attached hydrogen (secondary N) is 2. The van der Waals surface area contributed by atoms with Gasteiger partial charge < -0.3 is 69.5 Å². The van der Waals surface area contributed by atoms with Gasteiger partial charge in [0.2, 0.25) is 0 Å². The van der Waals surface area contributed by atoms with E-state index in [0.717, 1.165) is 0 Å². The van der Waals surface area contributed by atoms with Crippen molar-refractivity contribution in [3.63, 3.8) is 0 Å². The number of hydrogen-bond donors (Lipinski definition) is 7. The monoisotopic (exact) mass is 792 g/mol. The fraction of sp³-hybridized carbons (Fsp3) is 0.975. The van der Waals surface area contributed by atoms with Crippen molar-refractivity contribution in [3.05, 3.63) is 0 Å². The second kappa shape index (κ2) is 19.3. The number of cyclic esters (lactones) is 1. The van der Waals surface area contributed by atoms with E-state index >= 15 is 0 Å². The largest absolute Gasteiger partial charge is 0.457 e. The average Bonchev–Trinajstić information content (AvgIpc) is 3.11. The summed E-state index contributed by atoms with van der Waals surface area (Å²) in [5, 5.41) is 65.1. The number of carbonyl (C=O) groups is 1. The van der Waals surface area contributed by atoms with E-state index in [2.05, 4.69) is 10.6 Å². The summed E-state index contributed by atoms with van der Waals surface area (Å²) in [5.41, 5.74) is -5.92. The first kappa shape index (κ1) is 48.3. The van der Waals surface area contributed by atoms with Crippen LogP contribution >= 0.6 is 0 Å². The number of nitrogens with zero attached hydrogens (tertiary/aromatic N) is 1. The van der Waals surface area contributed by atoms with Gasteiger partial charge in [-0.2, -0.15) is 0 Å². The van der Waals surface area contributed by atoms with E-state index in [9.17, 15) is 30.3 Å². The summed E-state index contributed by atoms with van der Waals surface area (Å²) >= 11 is 0. The standard InChI is InChI=1S/C40H77N3O12/c1-15-29(44)39(11,48)34-26(7)42-20-22(3)18-37(9,47)33(55-36-31(45)28(43(12)13)17-23(4)51-36)24(5)32(25(6)35(46)54-34)53-30-19-38(10,50-14)40(49,21-41-16-2)27(8)52-30/h22-34,36,41-42,44-45,47-49H,15-21H2,1-14H3/t22-,23+,24-,25+,26+,27-,28-,29+,30-,31?,32+,33-,34?,36-,37-,38+,39+,40-/m0/s1. The zero-order valence-electron chi connectivity index (χ0n) is 36.1. The molecule has 55 heavy (non-hydrogen) atoms. The van der Waals surface area contributed by atoms with Gasteiger partial charge in [-0.3, -0.25) is 4.79 Å². The van der Waals surface area contributed by atoms with Crippen LogP contribution in [-0.2, 0) is 33.2 Å². The van der Waals surface area contributed by atoms with Crippen LogP contribution < -0.4 is 10.6 Å². The lowest BCUT2D eigenvalue weighted by atomic mass is 9.75. The van der Waals surface area contributed by atoms with Crippen LogP contribution in [0, 0.1) is 17.8 Å². The smallest absolute Gasteiger partial charge is 0.311 e. The van der Waals surface area contributed by atoms with Gasteiger partial charge in [-0.05, 0) is 101 Å². The summed E-state index contributed by atoms with van der Waals surface area (Å²) in [7, 11) is 5.30. The zero-order chi connectivity index (χ0) is 41.8. The number of rotatable bonds is 12. The van der Waals surface area contributed by atoms with Gasteiger partial charge in [-0.1, -0.05) is 27.7 Å². The van der Waals surface area contributed by atoms with E-state index in [-0.39, 0.29) is 43.9 Å². The molecular weight excluding hydrogens is 714 g/mol. The van der Waals surface area contributed by atoms with Gasteiger partial charge in [0.05, 0.1) is 42.0 Å². The molecule has 0 aromatic heterocycles. The summed E-state index contributed by atoms with van der Waals surface area (Å²) in [6.45, 7) is 20.7. The molecule has 3 saturated heterocycles. The Kier molecular flexibility index (Phi) is 17.0.